The smallest absolute Gasteiger partial charge is 0.193 e. The Morgan fingerprint density at radius 1 is 0.553 bits per heavy atom. The molecule has 0 bridgehead atoms. The summed E-state index contributed by atoms with van der Waals surface area (Å²) in [5.41, 5.74) is 3.83. The molecule has 0 aromatic heterocycles. The highest BCUT2D eigenvalue weighted by Crippen LogP contribution is 2.18. The molecule has 0 atom stereocenters. The second-order valence-corrected chi connectivity index (χ2v) is 9.52. The van der Waals surface area contributed by atoms with Crippen LogP contribution in [0.2, 0.25) is 0 Å². The maximum atomic E-state index is 12.9. The van der Waals surface area contributed by atoms with Gasteiger partial charge >= 0.3 is 0 Å². The van der Waals surface area contributed by atoms with Crippen LogP contribution in [0.15, 0.2) is 109 Å². The first kappa shape index (κ1) is 27.1. The SMILES string of the molecule is CN(CCOc1ccc(C(=O)c2ccc(OCCN(C)Cc3ccccc3)cc2)cc1)Cc1ccccc1. The topological polar surface area (TPSA) is 42.0 Å². The number of likely N-dealkylation sites (N-methyl/N-ethyl adjacent to an activating group) is 2. The van der Waals surface area contributed by atoms with E-state index in [1.54, 1.807) is 0 Å². The summed E-state index contributed by atoms with van der Waals surface area (Å²) < 4.78 is 11.8. The summed E-state index contributed by atoms with van der Waals surface area (Å²) in [4.78, 5) is 17.4. The Labute approximate surface area is 226 Å². The monoisotopic (exact) mass is 508 g/mol. The molecule has 196 valence electrons. The number of rotatable bonds is 14. The summed E-state index contributed by atoms with van der Waals surface area (Å²) in [5.74, 6) is 1.50. The van der Waals surface area contributed by atoms with E-state index in [9.17, 15) is 4.79 Å². The standard InChI is InChI=1S/C33H36N2O3/c1-34(25-27-9-5-3-6-10-27)21-23-37-31-17-13-29(14-18-31)33(36)30-15-19-32(20-16-30)38-24-22-35(2)26-28-11-7-4-8-12-28/h3-20H,21-26H2,1-2H3. The summed E-state index contributed by atoms with van der Waals surface area (Å²) in [5, 5.41) is 0. The molecule has 0 radical (unpaired) electrons. The fraction of sp³-hybridized carbons (Fsp3) is 0.242. The lowest BCUT2D eigenvalue weighted by molar-refractivity contribution is 0.103. The molecule has 0 aliphatic heterocycles. The van der Waals surface area contributed by atoms with Crippen LogP contribution in [0.4, 0.5) is 0 Å². The van der Waals surface area contributed by atoms with Crippen LogP contribution >= 0.6 is 0 Å². The van der Waals surface area contributed by atoms with Crippen molar-refractivity contribution in [2.45, 2.75) is 13.1 Å². The van der Waals surface area contributed by atoms with E-state index in [4.69, 9.17) is 9.47 Å². The largest absolute Gasteiger partial charge is 0.492 e. The van der Waals surface area contributed by atoms with Crippen molar-refractivity contribution in [2.24, 2.45) is 0 Å². The van der Waals surface area contributed by atoms with E-state index >= 15 is 0 Å². The summed E-state index contributed by atoms with van der Waals surface area (Å²) in [7, 11) is 4.16. The third-order valence-electron chi connectivity index (χ3n) is 6.31. The molecule has 0 N–H and O–H groups in total. The van der Waals surface area contributed by atoms with Crippen molar-refractivity contribution in [2.75, 3.05) is 40.4 Å². The second kappa shape index (κ2) is 14.1. The number of carbonyl (C=O) groups excluding carboxylic acids is 1. The minimum Gasteiger partial charge on any atom is -0.492 e. The zero-order valence-corrected chi connectivity index (χ0v) is 22.3. The summed E-state index contributed by atoms with van der Waals surface area (Å²) in [6.07, 6.45) is 0. The lowest BCUT2D eigenvalue weighted by atomic mass is 10.0. The van der Waals surface area contributed by atoms with E-state index in [0.717, 1.165) is 37.7 Å². The molecule has 0 saturated carbocycles. The van der Waals surface area contributed by atoms with Gasteiger partial charge in [0.05, 0.1) is 0 Å². The van der Waals surface area contributed by atoms with Crippen LogP contribution in [-0.4, -0.2) is 56.0 Å². The fourth-order valence-corrected chi connectivity index (χ4v) is 4.16. The predicted octanol–water partition coefficient (Wildman–Crippen LogP) is 5.94. The average molecular weight is 509 g/mol. The van der Waals surface area contributed by atoms with E-state index in [1.807, 2.05) is 60.7 Å². The highest BCUT2D eigenvalue weighted by atomic mass is 16.5. The van der Waals surface area contributed by atoms with Crippen LogP contribution in [0.5, 0.6) is 11.5 Å². The summed E-state index contributed by atoms with van der Waals surface area (Å²) in [6, 6.07) is 35.5. The molecule has 4 aromatic rings. The Bertz CT molecular complexity index is 1140. The molecular weight excluding hydrogens is 472 g/mol. The Morgan fingerprint density at radius 2 is 0.921 bits per heavy atom. The molecule has 4 aromatic carbocycles. The second-order valence-electron chi connectivity index (χ2n) is 9.52. The van der Waals surface area contributed by atoms with E-state index in [2.05, 4.69) is 72.4 Å². The van der Waals surface area contributed by atoms with Crippen molar-refractivity contribution >= 4 is 5.78 Å². The zero-order chi connectivity index (χ0) is 26.6. The van der Waals surface area contributed by atoms with Gasteiger partial charge in [0, 0.05) is 37.3 Å². The molecule has 0 aliphatic rings. The number of ether oxygens (including phenoxy) is 2. The molecule has 0 amide bonds. The summed E-state index contributed by atoms with van der Waals surface area (Å²) in [6.45, 7) is 4.56. The Kier molecular flexibility index (Phi) is 10.1. The first-order valence-corrected chi connectivity index (χ1v) is 13.0. The quantitative estimate of drug-likeness (QED) is 0.197. The Balaban J connectivity index is 1.18. The van der Waals surface area contributed by atoms with Gasteiger partial charge in [-0.3, -0.25) is 14.6 Å². The van der Waals surface area contributed by atoms with E-state index in [0.29, 0.717) is 24.3 Å². The van der Waals surface area contributed by atoms with Gasteiger partial charge in [-0.25, -0.2) is 0 Å². The van der Waals surface area contributed by atoms with Gasteiger partial charge in [0.15, 0.2) is 5.78 Å². The van der Waals surface area contributed by atoms with Gasteiger partial charge in [-0.2, -0.15) is 0 Å². The van der Waals surface area contributed by atoms with Crippen LogP contribution in [-0.2, 0) is 13.1 Å². The van der Waals surface area contributed by atoms with Crippen LogP contribution < -0.4 is 9.47 Å². The van der Waals surface area contributed by atoms with Crippen molar-refractivity contribution < 1.29 is 14.3 Å². The van der Waals surface area contributed by atoms with Crippen LogP contribution in [0.3, 0.4) is 0 Å². The lowest BCUT2D eigenvalue weighted by Gasteiger charge is -2.17. The third kappa shape index (κ3) is 8.58. The maximum Gasteiger partial charge on any atom is 0.193 e. The van der Waals surface area contributed by atoms with Gasteiger partial charge < -0.3 is 9.47 Å². The zero-order valence-electron chi connectivity index (χ0n) is 22.3. The summed E-state index contributed by atoms with van der Waals surface area (Å²) >= 11 is 0. The minimum atomic E-state index is -0.0201. The van der Waals surface area contributed by atoms with Crippen molar-refractivity contribution in [3.63, 3.8) is 0 Å². The molecule has 0 saturated heterocycles. The maximum absolute atomic E-state index is 12.9. The third-order valence-corrected chi connectivity index (χ3v) is 6.31. The van der Waals surface area contributed by atoms with Gasteiger partial charge in [-0.05, 0) is 73.8 Å². The van der Waals surface area contributed by atoms with Gasteiger partial charge in [0.1, 0.15) is 24.7 Å². The Hall–Kier alpha value is -3.93. The van der Waals surface area contributed by atoms with Crippen molar-refractivity contribution in [3.8, 4) is 11.5 Å². The molecule has 0 heterocycles. The van der Waals surface area contributed by atoms with Crippen molar-refractivity contribution in [3.05, 3.63) is 131 Å². The minimum absolute atomic E-state index is 0.0201. The lowest BCUT2D eigenvalue weighted by Crippen LogP contribution is -2.23. The Morgan fingerprint density at radius 3 is 1.29 bits per heavy atom. The molecule has 5 heteroatoms. The molecule has 0 aliphatic carbocycles. The van der Waals surface area contributed by atoms with Crippen LogP contribution in [0, 0.1) is 0 Å². The molecule has 0 fully saturated rings. The molecular formula is C33H36N2O3. The number of hydrogen-bond donors (Lipinski definition) is 0. The highest BCUT2D eigenvalue weighted by molar-refractivity contribution is 6.09. The van der Waals surface area contributed by atoms with Crippen LogP contribution in [0.1, 0.15) is 27.0 Å². The molecule has 5 nitrogen and oxygen atoms in total. The number of nitrogens with zero attached hydrogens (tertiary/aromatic N) is 2. The molecule has 38 heavy (non-hydrogen) atoms. The normalized spacial score (nSPS) is 11.1. The van der Waals surface area contributed by atoms with Crippen molar-refractivity contribution in [1.82, 2.24) is 9.80 Å². The van der Waals surface area contributed by atoms with Gasteiger partial charge in [0.25, 0.3) is 0 Å². The van der Waals surface area contributed by atoms with E-state index in [-0.39, 0.29) is 5.78 Å². The number of ketones is 1. The van der Waals surface area contributed by atoms with Crippen LogP contribution in [0.25, 0.3) is 0 Å². The van der Waals surface area contributed by atoms with E-state index in [1.165, 1.54) is 11.1 Å². The first-order valence-electron chi connectivity index (χ1n) is 13.0. The molecule has 0 unspecified atom stereocenters. The average Bonchev–Trinajstić information content (AvgIpc) is 2.94. The highest BCUT2D eigenvalue weighted by Gasteiger charge is 2.10. The van der Waals surface area contributed by atoms with E-state index < -0.39 is 0 Å². The van der Waals surface area contributed by atoms with Gasteiger partial charge in [0.2, 0.25) is 0 Å². The number of benzene rings is 4. The number of carbonyl (C=O) groups is 1. The predicted molar refractivity (Wildman–Crippen MR) is 153 cm³/mol. The van der Waals surface area contributed by atoms with Crippen molar-refractivity contribution in [1.29, 1.82) is 0 Å². The molecule has 0 spiro atoms. The molecule has 4 rings (SSSR count). The first-order chi connectivity index (χ1) is 18.6. The fourth-order valence-electron chi connectivity index (χ4n) is 4.16. The number of hydrogen-bond acceptors (Lipinski definition) is 5. The van der Waals surface area contributed by atoms with Gasteiger partial charge in [-0.1, -0.05) is 60.7 Å². The van der Waals surface area contributed by atoms with Gasteiger partial charge in [-0.15, -0.1) is 0 Å².